The summed E-state index contributed by atoms with van der Waals surface area (Å²) in [5, 5.41) is 5.50. The molecule has 0 aromatic heterocycles. The number of carbonyl (C=O) groups excluding carboxylic acids is 1. The average Bonchev–Trinajstić information content (AvgIpc) is 2.75. The first kappa shape index (κ1) is 14.4. The number of ether oxygens (including phenoxy) is 2. The summed E-state index contributed by atoms with van der Waals surface area (Å²) in [7, 11) is 1.45. The Bertz CT molecular complexity index is 538. The number of nitrogens with one attached hydrogen (secondary N) is 2. The Hall–Kier alpha value is -1.98. The lowest BCUT2D eigenvalue weighted by molar-refractivity contribution is 0.0634. The molecule has 0 saturated carbocycles. The van der Waals surface area contributed by atoms with Gasteiger partial charge in [-0.1, -0.05) is 0 Å². The lowest BCUT2D eigenvalue weighted by atomic mass is 10.1. The maximum atomic E-state index is 14.1. The molecule has 1 aromatic rings. The molecular formula is C14H19FN2O3. The highest BCUT2D eigenvalue weighted by molar-refractivity contribution is 5.89. The smallest absolute Gasteiger partial charge is 0.412 e. The van der Waals surface area contributed by atoms with Gasteiger partial charge in [0.1, 0.15) is 11.3 Å². The van der Waals surface area contributed by atoms with Crippen LogP contribution in [0.2, 0.25) is 0 Å². The van der Waals surface area contributed by atoms with Gasteiger partial charge in [-0.15, -0.1) is 0 Å². The minimum absolute atomic E-state index is 0.0178. The number of carbonyl (C=O) groups is 1. The normalized spacial score (nSPS) is 13.4. The van der Waals surface area contributed by atoms with Crippen LogP contribution < -0.4 is 15.4 Å². The van der Waals surface area contributed by atoms with Gasteiger partial charge in [0.05, 0.1) is 7.11 Å². The fourth-order valence-corrected chi connectivity index (χ4v) is 2.14. The summed E-state index contributed by atoms with van der Waals surface area (Å²) in [4.78, 5) is 11.8. The van der Waals surface area contributed by atoms with E-state index < -0.39 is 17.5 Å². The number of amides is 1. The quantitative estimate of drug-likeness (QED) is 0.874. The van der Waals surface area contributed by atoms with E-state index in [0.29, 0.717) is 11.4 Å². The molecule has 2 rings (SSSR count). The van der Waals surface area contributed by atoms with Crippen LogP contribution in [0.25, 0.3) is 0 Å². The molecule has 110 valence electrons. The summed E-state index contributed by atoms with van der Waals surface area (Å²) in [6.45, 7) is 5.95. The first-order chi connectivity index (χ1) is 9.31. The topological polar surface area (TPSA) is 59.6 Å². The Balaban J connectivity index is 2.30. The van der Waals surface area contributed by atoms with Crippen molar-refractivity contribution in [3.05, 3.63) is 17.4 Å². The molecule has 20 heavy (non-hydrogen) atoms. The van der Waals surface area contributed by atoms with Crippen molar-refractivity contribution in [1.29, 1.82) is 0 Å². The van der Waals surface area contributed by atoms with E-state index in [-0.39, 0.29) is 5.69 Å². The second kappa shape index (κ2) is 5.19. The van der Waals surface area contributed by atoms with Gasteiger partial charge in [0.2, 0.25) is 0 Å². The second-order valence-electron chi connectivity index (χ2n) is 5.60. The maximum absolute atomic E-state index is 14.1. The van der Waals surface area contributed by atoms with E-state index in [1.54, 1.807) is 20.8 Å². The highest BCUT2D eigenvalue weighted by Crippen LogP contribution is 2.39. The van der Waals surface area contributed by atoms with Gasteiger partial charge in [-0.2, -0.15) is 0 Å². The molecule has 1 aromatic carbocycles. The van der Waals surface area contributed by atoms with Crippen LogP contribution in [0.1, 0.15) is 26.3 Å². The third-order valence-electron chi connectivity index (χ3n) is 2.86. The van der Waals surface area contributed by atoms with Crippen molar-refractivity contribution in [2.75, 3.05) is 24.3 Å². The summed E-state index contributed by atoms with van der Waals surface area (Å²) in [6.07, 6.45) is 0.0162. The van der Waals surface area contributed by atoms with E-state index in [2.05, 4.69) is 10.6 Å². The first-order valence-corrected chi connectivity index (χ1v) is 6.45. The Morgan fingerprint density at radius 2 is 2.15 bits per heavy atom. The van der Waals surface area contributed by atoms with Crippen LogP contribution >= 0.6 is 0 Å². The second-order valence-corrected chi connectivity index (χ2v) is 5.60. The molecule has 0 fully saturated rings. The molecule has 0 bridgehead atoms. The molecule has 0 saturated heterocycles. The Kier molecular flexibility index (Phi) is 3.74. The van der Waals surface area contributed by atoms with Gasteiger partial charge in [0.25, 0.3) is 0 Å². The zero-order valence-corrected chi connectivity index (χ0v) is 12.1. The monoisotopic (exact) mass is 282 g/mol. The van der Waals surface area contributed by atoms with Crippen molar-refractivity contribution in [2.45, 2.75) is 32.8 Å². The van der Waals surface area contributed by atoms with Crippen molar-refractivity contribution in [3.63, 3.8) is 0 Å². The van der Waals surface area contributed by atoms with Gasteiger partial charge in [0.15, 0.2) is 11.6 Å². The highest BCUT2D eigenvalue weighted by atomic mass is 19.1. The predicted octanol–water partition coefficient (Wildman–Crippen LogP) is 3.15. The molecule has 0 unspecified atom stereocenters. The first-order valence-electron chi connectivity index (χ1n) is 6.45. The zero-order valence-electron chi connectivity index (χ0n) is 12.1. The summed E-state index contributed by atoms with van der Waals surface area (Å²) in [6, 6.07) is 1.36. The van der Waals surface area contributed by atoms with E-state index in [0.717, 1.165) is 18.5 Å². The van der Waals surface area contributed by atoms with Crippen LogP contribution in [-0.2, 0) is 11.2 Å². The molecule has 5 nitrogen and oxygen atoms in total. The fraction of sp³-hybridized carbons (Fsp3) is 0.500. The molecule has 1 heterocycles. The third-order valence-corrected chi connectivity index (χ3v) is 2.86. The molecule has 0 radical (unpaired) electrons. The van der Waals surface area contributed by atoms with Crippen LogP contribution in [0.5, 0.6) is 5.75 Å². The van der Waals surface area contributed by atoms with Crippen molar-refractivity contribution in [3.8, 4) is 5.75 Å². The molecule has 2 N–H and O–H groups in total. The van der Waals surface area contributed by atoms with E-state index in [1.807, 2.05) is 0 Å². The Morgan fingerprint density at radius 1 is 1.45 bits per heavy atom. The minimum atomic E-state index is -0.708. The van der Waals surface area contributed by atoms with Crippen molar-refractivity contribution in [2.24, 2.45) is 0 Å². The van der Waals surface area contributed by atoms with Gasteiger partial charge in [0, 0.05) is 17.8 Å². The number of methoxy groups -OCH3 is 1. The summed E-state index contributed by atoms with van der Waals surface area (Å²) in [5.74, 6) is -0.211. The van der Waals surface area contributed by atoms with Crippen LogP contribution in [0, 0.1) is 5.82 Å². The Morgan fingerprint density at radius 3 is 2.75 bits per heavy atom. The number of anilines is 2. The van der Waals surface area contributed by atoms with Gasteiger partial charge in [-0.25, -0.2) is 9.18 Å². The fourth-order valence-electron chi connectivity index (χ4n) is 2.14. The number of fused-ring (bicyclic) bond motifs is 1. The zero-order chi connectivity index (χ0) is 14.9. The van der Waals surface area contributed by atoms with Crippen molar-refractivity contribution >= 4 is 17.5 Å². The number of rotatable bonds is 2. The SMILES string of the molecule is COc1c2c(cc(F)c1NC(=O)OC(C)(C)C)NCC2. The van der Waals surface area contributed by atoms with Crippen LogP contribution in [-0.4, -0.2) is 25.3 Å². The molecular weight excluding hydrogens is 263 g/mol. The third kappa shape index (κ3) is 2.95. The van der Waals surface area contributed by atoms with E-state index in [9.17, 15) is 9.18 Å². The van der Waals surface area contributed by atoms with Crippen LogP contribution in [0.4, 0.5) is 20.6 Å². The largest absolute Gasteiger partial charge is 0.494 e. The highest BCUT2D eigenvalue weighted by Gasteiger charge is 2.25. The standard InChI is InChI=1S/C14H19FN2O3/c1-14(2,3)20-13(18)17-11-9(15)7-10-8(5-6-16-10)12(11)19-4/h7,16H,5-6H2,1-4H3,(H,17,18). The van der Waals surface area contributed by atoms with E-state index in [4.69, 9.17) is 9.47 Å². The van der Waals surface area contributed by atoms with Crippen LogP contribution in [0.3, 0.4) is 0 Å². The molecule has 0 atom stereocenters. The summed E-state index contributed by atoms with van der Waals surface area (Å²) < 4.78 is 24.5. The van der Waals surface area contributed by atoms with E-state index in [1.165, 1.54) is 13.2 Å². The van der Waals surface area contributed by atoms with Gasteiger partial charge in [-0.3, -0.25) is 5.32 Å². The number of hydrogen-bond donors (Lipinski definition) is 2. The van der Waals surface area contributed by atoms with E-state index >= 15 is 0 Å². The summed E-state index contributed by atoms with van der Waals surface area (Å²) >= 11 is 0. The minimum Gasteiger partial charge on any atom is -0.494 e. The maximum Gasteiger partial charge on any atom is 0.412 e. The van der Waals surface area contributed by atoms with Gasteiger partial charge < -0.3 is 14.8 Å². The molecule has 0 spiro atoms. The molecule has 6 heteroatoms. The van der Waals surface area contributed by atoms with Crippen molar-refractivity contribution in [1.82, 2.24) is 0 Å². The summed E-state index contributed by atoms with van der Waals surface area (Å²) in [5.41, 5.74) is 0.935. The molecule has 1 amide bonds. The Labute approximate surface area is 117 Å². The number of hydrogen-bond acceptors (Lipinski definition) is 4. The predicted molar refractivity (Wildman–Crippen MR) is 75.0 cm³/mol. The molecule has 0 aliphatic carbocycles. The number of benzene rings is 1. The van der Waals surface area contributed by atoms with Gasteiger partial charge >= 0.3 is 6.09 Å². The van der Waals surface area contributed by atoms with Crippen molar-refractivity contribution < 1.29 is 18.7 Å². The molecule has 1 aliphatic rings. The average molecular weight is 282 g/mol. The number of halogens is 1. The van der Waals surface area contributed by atoms with Gasteiger partial charge in [-0.05, 0) is 33.3 Å². The lowest BCUT2D eigenvalue weighted by Gasteiger charge is -2.21. The lowest BCUT2D eigenvalue weighted by Crippen LogP contribution is -2.27. The molecule has 1 aliphatic heterocycles. The van der Waals surface area contributed by atoms with Crippen LogP contribution in [0.15, 0.2) is 6.07 Å².